The molecule has 1 aromatic carbocycles. The number of benzene rings is 1. The maximum atomic E-state index is 11.1. The fraction of sp³-hybridized carbons (Fsp3) is 0.417. The summed E-state index contributed by atoms with van der Waals surface area (Å²) in [4.78, 5) is 11.1. The van der Waals surface area contributed by atoms with Gasteiger partial charge in [-0.15, -0.1) is 0 Å². The molecule has 2 rings (SSSR count). The van der Waals surface area contributed by atoms with Gasteiger partial charge in [0.25, 0.3) is 0 Å². The zero-order valence-electron chi connectivity index (χ0n) is 9.53. The maximum Gasteiger partial charge on any atom is 0.337 e. The molecule has 0 amide bonds. The summed E-state index contributed by atoms with van der Waals surface area (Å²) in [5, 5.41) is 12.7. The van der Waals surface area contributed by atoms with Crippen molar-refractivity contribution >= 4 is 28.9 Å². The van der Waals surface area contributed by atoms with E-state index in [1.54, 1.807) is 6.07 Å². The van der Waals surface area contributed by atoms with Gasteiger partial charge in [0.2, 0.25) is 0 Å². The van der Waals surface area contributed by atoms with Crippen LogP contribution in [0.2, 0.25) is 5.02 Å². The first kappa shape index (κ1) is 12.0. The van der Waals surface area contributed by atoms with Gasteiger partial charge in [-0.25, -0.2) is 4.79 Å². The van der Waals surface area contributed by atoms with Crippen LogP contribution in [-0.2, 0) is 0 Å². The van der Waals surface area contributed by atoms with Crippen LogP contribution in [0.15, 0.2) is 12.1 Å². The molecule has 0 radical (unpaired) electrons. The zero-order valence-corrected chi connectivity index (χ0v) is 10.3. The van der Waals surface area contributed by atoms with E-state index in [1.165, 1.54) is 18.9 Å². The number of hydrogen-bond donors (Lipinski definition) is 3. The van der Waals surface area contributed by atoms with E-state index in [9.17, 15) is 4.79 Å². The molecule has 0 spiro atoms. The van der Waals surface area contributed by atoms with E-state index in [-0.39, 0.29) is 11.6 Å². The number of hydrogen-bond acceptors (Lipinski definition) is 3. The molecule has 0 aliphatic heterocycles. The van der Waals surface area contributed by atoms with E-state index in [0.717, 1.165) is 0 Å². The highest BCUT2D eigenvalue weighted by molar-refractivity contribution is 6.34. The SMILES string of the molecule is CC(Nc1c(Cl)cc(N)cc1C(=O)O)C1CC1. The second-order valence-electron chi connectivity index (χ2n) is 4.50. The maximum absolute atomic E-state index is 11.1. The standard InChI is InChI=1S/C12H15ClN2O2/c1-6(7-2-3-7)15-11-9(12(16)17)4-8(14)5-10(11)13/h4-7,15H,2-3,14H2,1H3,(H,16,17). The Hall–Kier alpha value is -1.42. The van der Waals surface area contributed by atoms with Crippen molar-refractivity contribution in [3.63, 3.8) is 0 Å². The van der Waals surface area contributed by atoms with Gasteiger partial charge in [-0.1, -0.05) is 11.6 Å². The average molecular weight is 255 g/mol. The van der Waals surface area contributed by atoms with Crippen molar-refractivity contribution in [1.29, 1.82) is 0 Å². The highest BCUT2D eigenvalue weighted by Crippen LogP contribution is 2.36. The summed E-state index contributed by atoms with van der Waals surface area (Å²) in [6.45, 7) is 2.04. The highest BCUT2D eigenvalue weighted by Gasteiger charge is 2.29. The number of carboxylic acid groups (broad SMARTS) is 1. The van der Waals surface area contributed by atoms with E-state index < -0.39 is 5.97 Å². The number of nitrogens with two attached hydrogens (primary N) is 1. The quantitative estimate of drug-likeness (QED) is 0.722. The lowest BCUT2D eigenvalue weighted by Crippen LogP contribution is -2.19. The Morgan fingerprint density at radius 1 is 1.59 bits per heavy atom. The lowest BCUT2D eigenvalue weighted by atomic mass is 10.1. The van der Waals surface area contributed by atoms with Crippen molar-refractivity contribution in [2.45, 2.75) is 25.8 Å². The number of nitrogens with one attached hydrogen (secondary N) is 1. The number of rotatable bonds is 4. The van der Waals surface area contributed by atoms with Crippen molar-refractivity contribution in [2.24, 2.45) is 5.92 Å². The number of halogens is 1. The molecule has 0 saturated heterocycles. The molecule has 5 heteroatoms. The Morgan fingerprint density at radius 3 is 2.76 bits per heavy atom. The van der Waals surface area contributed by atoms with Crippen LogP contribution in [0.25, 0.3) is 0 Å². The molecule has 1 fully saturated rings. The molecular weight excluding hydrogens is 240 g/mol. The number of carboxylic acids is 1. The van der Waals surface area contributed by atoms with Crippen molar-refractivity contribution in [2.75, 3.05) is 11.1 Å². The Morgan fingerprint density at radius 2 is 2.24 bits per heavy atom. The summed E-state index contributed by atoms with van der Waals surface area (Å²) in [5.41, 5.74) is 6.54. The minimum Gasteiger partial charge on any atom is -0.478 e. The Labute approximate surface area is 105 Å². The van der Waals surface area contributed by atoms with Gasteiger partial charge in [-0.2, -0.15) is 0 Å². The van der Waals surface area contributed by atoms with Crippen LogP contribution in [0.5, 0.6) is 0 Å². The van der Waals surface area contributed by atoms with Crippen LogP contribution in [0.3, 0.4) is 0 Å². The van der Waals surface area contributed by atoms with Crippen LogP contribution in [0, 0.1) is 5.92 Å². The minimum absolute atomic E-state index is 0.127. The highest BCUT2D eigenvalue weighted by atomic mass is 35.5. The summed E-state index contributed by atoms with van der Waals surface area (Å²) in [7, 11) is 0. The first-order chi connectivity index (χ1) is 7.99. The summed E-state index contributed by atoms with van der Waals surface area (Å²) >= 11 is 6.04. The molecule has 1 aliphatic carbocycles. The summed E-state index contributed by atoms with van der Waals surface area (Å²) < 4.78 is 0. The van der Waals surface area contributed by atoms with Crippen LogP contribution in [0.4, 0.5) is 11.4 Å². The van der Waals surface area contributed by atoms with Gasteiger partial charge in [0.15, 0.2) is 0 Å². The summed E-state index contributed by atoms with van der Waals surface area (Å²) in [5.74, 6) is -0.407. The molecule has 1 unspecified atom stereocenters. The van der Waals surface area contributed by atoms with E-state index in [2.05, 4.69) is 5.32 Å². The van der Waals surface area contributed by atoms with Crippen LogP contribution < -0.4 is 11.1 Å². The molecule has 0 bridgehead atoms. The molecule has 0 aromatic heterocycles. The molecule has 1 aliphatic rings. The smallest absolute Gasteiger partial charge is 0.337 e. The molecule has 1 saturated carbocycles. The molecule has 17 heavy (non-hydrogen) atoms. The van der Waals surface area contributed by atoms with Crippen LogP contribution >= 0.6 is 11.6 Å². The largest absolute Gasteiger partial charge is 0.478 e. The van der Waals surface area contributed by atoms with Gasteiger partial charge in [0.1, 0.15) is 0 Å². The predicted octanol–water partition coefficient (Wildman–Crippen LogP) is 2.83. The van der Waals surface area contributed by atoms with Crippen molar-refractivity contribution in [1.82, 2.24) is 0 Å². The van der Waals surface area contributed by atoms with Gasteiger partial charge in [0.05, 0.1) is 16.3 Å². The number of carbonyl (C=O) groups is 1. The van der Waals surface area contributed by atoms with E-state index in [0.29, 0.717) is 22.3 Å². The molecule has 4 nitrogen and oxygen atoms in total. The minimum atomic E-state index is -1.02. The van der Waals surface area contributed by atoms with Gasteiger partial charge >= 0.3 is 5.97 Å². The van der Waals surface area contributed by atoms with Gasteiger partial charge in [-0.05, 0) is 37.8 Å². The fourth-order valence-electron chi connectivity index (χ4n) is 1.88. The second-order valence-corrected chi connectivity index (χ2v) is 4.91. The lowest BCUT2D eigenvalue weighted by Gasteiger charge is -2.18. The second kappa shape index (κ2) is 4.45. The molecule has 1 atom stereocenters. The third kappa shape index (κ3) is 2.64. The van der Waals surface area contributed by atoms with E-state index in [4.69, 9.17) is 22.4 Å². The molecule has 92 valence electrons. The lowest BCUT2D eigenvalue weighted by molar-refractivity contribution is 0.0698. The van der Waals surface area contributed by atoms with Gasteiger partial charge < -0.3 is 16.2 Å². The third-order valence-electron chi connectivity index (χ3n) is 3.04. The first-order valence-electron chi connectivity index (χ1n) is 5.58. The Bertz CT molecular complexity index is 458. The summed E-state index contributed by atoms with van der Waals surface area (Å²) in [6, 6.07) is 3.22. The monoisotopic (exact) mass is 254 g/mol. The van der Waals surface area contributed by atoms with Crippen LogP contribution in [0.1, 0.15) is 30.1 Å². The van der Waals surface area contributed by atoms with Gasteiger partial charge in [0, 0.05) is 11.7 Å². The average Bonchev–Trinajstić information content (AvgIpc) is 3.04. The van der Waals surface area contributed by atoms with Crippen LogP contribution in [-0.4, -0.2) is 17.1 Å². The summed E-state index contributed by atoms with van der Waals surface area (Å²) in [6.07, 6.45) is 2.37. The zero-order chi connectivity index (χ0) is 12.6. The number of nitrogen functional groups attached to an aromatic ring is 1. The molecule has 0 heterocycles. The normalized spacial score (nSPS) is 16.6. The topological polar surface area (TPSA) is 75.3 Å². The fourth-order valence-corrected chi connectivity index (χ4v) is 2.17. The predicted molar refractivity (Wildman–Crippen MR) is 68.6 cm³/mol. The number of anilines is 2. The van der Waals surface area contributed by atoms with Gasteiger partial charge in [-0.3, -0.25) is 0 Å². The number of aromatic carboxylic acids is 1. The molecule has 4 N–H and O–H groups in total. The molecule has 1 aromatic rings. The van der Waals surface area contributed by atoms with E-state index >= 15 is 0 Å². The third-order valence-corrected chi connectivity index (χ3v) is 3.34. The van der Waals surface area contributed by atoms with Crippen molar-refractivity contribution in [3.8, 4) is 0 Å². The Balaban J connectivity index is 2.32. The van der Waals surface area contributed by atoms with E-state index in [1.807, 2.05) is 6.92 Å². The molecular formula is C12H15ClN2O2. The van der Waals surface area contributed by atoms with Crippen molar-refractivity contribution in [3.05, 3.63) is 22.7 Å². The van der Waals surface area contributed by atoms with Crippen molar-refractivity contribution < 1.29 is 9.90 Å². The first-order valence-corrected chi connectivity index (χ1v) is 5.95. The Kier molecular flexibility index (Phi) is 3.15.